The highest BCUT2D eigenvalue weighted by Gasteiger charge is 1.70. The third-order valence-corrected chi connectivity index (χ3v) is 0. The largest absolute Gasteiger partial charge is 0.503 e. The Balaban J connectivity index is -0.0000000135. The average Bonchev–Trinajstić information content (AvgIpc) is 1.54. The second-order valence-corrected chi connectivity index (χ2v) is 0.848. The second kappa shape index (κ2) is 38.8. The van der Waals surface area contributed by atoms with Crippen LogP contribution < -0.4 is 0 Å². The Morgan fingerprint density at radius 1 is 0.438 bits per heavy atom. The summed E-state index contributed by atoms with van der Waals surface area (Å²) in [6.45, 7) is 0. The lowest BCUT2D eigenvalue weighted by atomic mass is 11.5. The molecular formula is C3H14O13. The van der Waals surface area contributed by atoms with Gasteiger partial charge in [-0.2, -0.15) is 0 Å². The van der Waals surface area contributed by atoms with Gasteiger partial charge in [-0.05, 0) is 0 Å². The first-order valence-electron chi connectivity index (χ1n) is 1.95. The normalized spacial score (nSPS) is 4.50. The van der Waals surface area contributed by atoms with Crippen molar-refractivity contribution >= 4 is 18.5 Å². The lowest BCUT2D eigenvalue weighted by molar-refractivity contribution is 0.135. The van der Waals surface area contributed by atoms with Gasteiger partial charge in [0.2, 0.25) is 0 Å². The first-order chi connectivity index (χ1) is 5.20. The SMILES string of the molecule is O.O.O.O.O=C(O)O.O=C(O)O.O=C(O)O. The number of carbonyl (C=O) groups is 3. The van der Waals surface area contributed by atoms with E-state index < -0.39 is 18.5 Å². The van der Waals surface area contributed by atoms with Gasteiger partial charge in [-0.3, -0.25) is 0 Å². The molecule has 13 heteroatoms. The van der Waals surface area contributed by atoms with Crippen molar-refractivity contribution in [1.82, 2.24) is 0 Å². The van der Waals surface area contributed by atoms with Crippen LogP contribution in [0.2, 0.25) is 0 Å². The predicted octanol–water partition coefficient (Wildman–Crippen LogP) is -2.63. The highest BCUT2D eigenvalue weighted by Crippen LogP contribution is 1.43. The summed E-state index contributed by atoms with van der Waals surface area (Å²) < 4.78 is 0. The van der Waals surface area contributed by atoms with Gasteiger partial charge < -0.3 is 52.5 Å². The highest BCUT2D eigenvalue weighted by atomic mass is 16.6. The minimum atomic E-state index is -1.83. The summed E-state index contributed by atoms with van der Waals surface area (Å²) >= 11 is 0. The Hall–Kier alpha value is -2.35. The maximum atomic E-state index is 8.56. The topological polar surface area (TPSA) is 299 Å². The molecule has 14 N–H and O–H groups in total. The van der Waals surface area contributed by atoms with Gasteiger partial charge in [-0.15, -0.1) is 0 Å². The fourth-order valence-corrected chi connectivity index (χ4v) is 0. The molecule has 0 aromatic heterocycles. The van der Waals surface area contributed by atoms with Gasteiger partial charge >= 0.3 is 18.5 Å². The van der Waals surface area contributed by atoms with Gasteiger partial charge in [0.05, 0.1) is 0 Å². The van der Waals surface area contributed by atoms with Gasteiger partial charge in [-0.25, -0.2) is 14.4 Å². The molecule has 0 atom stereocenters. The average molecular weight is 258 g/mol. The first kappa shape index (κ1) is 49.4. The zero-order valence-corrected chi connectivity index (χ0v) is 7.41. The minimum Gasteiger partial charge on any atom is -0.450 e. The fraction of sp³-hybridized carbons (Fsp3) is 0. The fourth-order valence-electron chi connectivity index (χ4n) is 0. The van der Waals surface area contributed by atoms with E-state index in [2.05, 4.69) is 0 Å². The molecule has 0 aromatic rings. The molecule has 16 heavy (non-hydrogen) atoms. The Labute approximate surface area is 86.7 Å². The molecule has 0 aliphatic carbocycles. The molecule has 0 saturated heterocycles. The Morgan fingerprint density at radius 3 is 0.438 bits per heavy atom. The highest BCUT2D eigenvalue weighted by molar-refractivity contribution is 5.53. The Bertz CT molecular complexity index is 109. The van der Waals surface area contributed by atoms with Gasteiger partial charge in [-0.1, -0.05) is 0 Å². The summed E-state index contributed by atoms with van der Waals surface area (Å²) in [5, 5.41) is 41.8. The van der Waals surface area contributed by atoms with Crippen molar-refractivity contribution in [2.45, 2.75) is 0 Å². The Kier molecular flexibility index (Phi) is 120. The summed E-state index contributed by atoms with van der Waals surface area (Å²) in [6.07, 6.45) is -5.50. The maximum Gasteiger partial charge on any atom is 0.503 e. The quantitative estimate of drug-likeness (QED) is 0.264. The molecule has 0 saturated carbocycles. The zero-order chi connectivity index (χ0) is 10.7. The van der Waals surface area contributed by atoms with Crippen LogP contribution in [0.1, 0.15) is 0 Å². The lowest BCUT2D eigenvalue weighted by Gasteiger charge is -1.60. The third kappa shape index (κ3) is 239. The molecule has 0 radical (unpaired) electrons. The lowest BCUT2D eigenvalue weighted by Crippen LogP contribution is -1.81. The van der Waals surface area contributed by atoms with E-state index in [0.29, 0.717) is 0 Å². The van der Waals surface area contributed by atoms with Gasteiger partial charge in [0.25, 0.3) is 0 Å². The van der Waals surface area contributed by atoms with Crippen LogP contribution in [0, 0.1) is 0 Å². The molecule has 104 valence electrons. The molecule has 0 aliphatic heterocycles. The van der Waals surface area contributed by atoms with E-state index in [9.17, 15) is 0 Å². The summed E-state index contributed by atoms with van der Waals surface area (Å²) in [4.78, 5) is 25.7. The predicted molar refractivity (Wildman–Crippen MR) is 46.4 cm³/mol. The molecule has 0 amide bonds. The standard InChI is InChI=1S/3CH2O3.4H2O/c3*2-1(3)4;;;;/h3*(H2,2,3,4);4*1H2. The molecule has 0 aromatic carbocycles. The maximum absolute atomic E-state index is 8.56. The minimum absolute atomic E-state index is 0. The molecule has 0 bridgehead atoms. The summed E-state index contributed by atoms with van der Waals surface area (Å²) in [6, 6.07) is 0. The van der Waals surface area contributed by atoms with E-state index in [1.54, 1.807) is 0 Å². The van der Waals surface area contributed by atoms with Crippen LogP contribution in [-0.4, -0.2) is 71.0 Å². The van der Waals surface area contributed by atoms with Crippen LogP contribution in [0.5, 0.6) is 0 Å². The van der Waals surface area contributed by atoms with Crippen molar-refractivity contribution in [3.63, 3.8) is 0 Å². The Morgan fingerprint density at radius 2 is 0.438 bits per heavy atom. The monoisotopic (exact) mass is 258 g/mol. The van der Waals surface area contributed by atoms with E-state index in [4.69, 9.17) is 45.0 Å². The number of hydrogen-bond donors (Lipinski definition) is 6. The van der Waals surface area contributed by atoms with Crippen LogP contribution in [0.15, 0.2) is 0 Å². The summed E-state index contributed by atoms with van der Waals surface area (Å²) in [7, 11) is 0. The summed E-state index contributed by atoms with van der Waals surface area (Å²) in [5.41, 5.74) is 0. The van der Waals surface area contributed by atoms with Crippen molar-refractivity contribution in [2.75, 3.05) is 0 Å². The van der Waals surface area contributed by atoms with E-state index in [1.165, 1.54) is 0 Å². The third-order valence-electron chi connectivity index (χ3n) is 0. The van der Waals surface area contributed by atoms with Crippen molar-refractivity contribution in [1.29, 1.82) is 0 Å². The molecule has 0 heterocycles. The number of rotatable bonds is 0. The van der Waals surface area contributed by atoms with Gasteiger partial charge in [0.1, 0.15) is 0 Å². The molecule has 13 nitrogen and oxygen atoms in total. The van der Waals surface area contributed by atoms with Crippen LogP contribution in [0.3, 0.4) is 0 Å². The van der Waals surface area contributed by atoms with E-state index in [0.717, 1.165) is 0 Å². The van der Waals surface area contributed by atoms with E-state index >= 15 is 0 Å². The van der Waals surface area contributed by atoms with Crippen LogP contribution in [0.4, 0.5) is 14.4 Å². The van der Waals surface area contributed by atoms with Crippen molar-refractivity contribution in [3.05, 3.63) is 0 Å². The van der Waals surface area contributed by atoms with Crippen LogP contribution in [-0.2, 0) is 0 Å². The zero-order valence-electron chi connectivity index (χ0n) is 7.41. The smallest absolute Gasteiger partial charge is 0.450 e. The van der Waals surface area contributed by atoms with Crippen molar-refractivity contribution in [3.8, 4) is 0 Å². The van der Waals surface area contributed by atoms with E-state index in [-0.39, 0.29) is 21.9 Å². The van der Waals surface area contributed by atoms with Crippen LogP contribution in [0.25, 0.3) is 0 Å². The van der Waals surface area contributed by atoms with Crippen molar-refractivity contribution in [2.24, 2.45) is 0 Å². The molecule has 0 spiro atoms. The van der Waals surface area contributed by atoms with E-state index in [1.807, 2.05) is 0 Å². The molecule has 0 rings (SSSR count). The first-order valence-corrected chi connectivity index (χ1v) is 1.95. The summed E-state index contributed by atoms with van der Waals surface area (Å²) in [5.74, 6) is 0. The van der Waals surface area contributed by atoms with Crippen molar-refractivity contribution < 1.29 is 66.9 Å². The van der Waals surface area contributed by atoms with Gasteiger partial charge in [0, 0.05) is 0 Å². The molecule has 0 fully saturated rings. The number of hydrogen-bond acceptors (Lipinski definition) is 3. The van der Waals surface area contributed by atoms with Crippen LogP contribution >= 0.6 is 0 Å². The molecule has 0 unspecified atom stereocenters. The number of carboxylic acid groups (broad SMARTS) is 6. The molecular weight excluding hydrogens is 244 g/mol. The second-order valence-electron chi connectivity index (χ2n) is 0.848. The molecule has 0 aliphatic rings. The van der Waals surface area contributed by atoms with Gasteiger partial charge in [0.15, 0.2) is 0 Å².